The van der Waals surface area contributed by atoms with Crippen molar-refractivity contribution in [1.82, 2.24) is 0 Å². The SMILES string of the molecule is C=C(C)O/C(=C\C)CN.CC.CCC(C)C. The molecule has 0 aromatic rings. The molecule has 2 heteroatoms. The van der Waals surface area contributed by atoms with Crippen molar-refractivity contribution in [1.29, 1.82) is 0 Å². The number of rotatable bonds is 4. The van der Waals surface area contributed by atoms with E-state index < -0.39 is 0 Å². The molecule has 16 heavy (non-hydrogen) atoms. The monoisotopic (exact) mass is 229 g/mol. The van der Waals surface area contributed by atoms with E-state index in [2.05, 4.69) is 27.4 Å². The van der Waals surface area contributed by atoms with Crippen LogP contribution < -0.4 is 5.73 Å². The topological polar surface area (TPSA) is 35.2 Å². The third-order valence-electron chi connectivity index (χ3n) is 1.64. The summed E-state index contributed by atoms with van der Waals surface area (Å²) in [4.78, 5) is 0. The molecule has 0 spiro atoms. The van der Waals surface area contributed by atoms with Crippen LogP contribution in [0.3, 0.4) is 0 Å². The van der Waals surface area contributed by atoms with Gasteiger partial charge in [0, 0.05) is 0 Å². The highest BCUT2D eigenvalue weighted by Gasteiger charge is 1.90. The van der Waals surface area contributed by atoms with Gasteiger partial charge in [-0.05, 0) is 25.8 Å². The first kappa shape index (κ1) is 20.6. The van der Waals surface area contributed by atoms with Gasteiger partial charge in [0.2, 0.25) is 0 Å². The fraction of sp³-hybridized carbons (Fsp3) is 0.714. The van der Waals surface area contributed by atoms with Crippen LogP contribution in [0, 0.1) is 5.92 Å². The Bertz CT molecular complexity index is 172. The minimum atomic E-state index is 0.434. The molecule has 0 heterocycles. The summed E-state index contributed by atoms with van der Waals surface area (Å²) in [5.41, 5.74) is 5.30. The predicted octanol–water partition coefficient (Wildman–Crippen LogP) is 4.48. The van der Waals surface area contributed by atoms with E-state index in [1.165, 1.54) is 6.42 Å². The third-order valence-corrected chi connectivity index (χ3v) is 1.64. The van der Waals surface area contributed by atoms with Crippen LogP contribution in [0.5, 0.6) is 0 Å². The fourth-order valence-electron chi connectivity index (χ4n) is 0.442. The molecule has 0 unspecified atom stereocenters. The molecule has 0 aliphatic carbocycles. The van der Waals surface area contributed by atoms with Gasteiger partial charge in [-0.25, -0.2) is 0 Å². The highest BCUT2D eigenvalue weighted by molar-refractivity contribution is 4.96. The molecule has 0 rings (SSSR count). The van der Waals surface area contributed by atoms with E-state index in [9.17, 15) is 0 Å². The third kappa shape index (κ3) is 23.2. The lowest BCUT2D eigenvalue weighted by Crippen LogP contribution is -2.04. The summed E-state index contributed by atoms with van der Waals surface area (Å²) in [5.74, 6) is 2.33. The quantitative estimate of drug-likeness (QED) is 0.721. The molecule has 0 saturated heterocycles. The first-order valence-electron chi connectivity index (χ1n) is 6.16. The number of allylic oxidation sites excluding steroid dienone is 2. The lowest BCUT2D eigenvalue weighted by atomic mass is 10.2. The summed E-state index contributed by atoms with van der Waals surface area (Å²) in [6.07, 6.45) is 3.13. The molecule has 0 aromatic carbocycles. The Morgan fingerprint density at radius 1 is 1.38 bits per heavy atom. The van der Waals surface area contributed by atoms with Crippen molar-refractivity contribution in [2.24, 2.45) is 11.7 Å². The van der Waals surface area contributed by atoms with Gasteiger partial charge in [0.25, 0.3) is 0 Å². The van der Waals surface area contributed by atoms with E-state index in [0.717, 1.165) is 11.7 Å². The highest BCUT2D eigenvalue weighted by Crippen LogP contribution is 2.00. The van der Waals surface area contributed by atoms with Crippen LogP contribution in [0.25, 0.3) is 0 Å². The van der Waals surface area contributed by atoms with Gasteiger partial charge in [-0.15, -0.1) is 0 Å². The molecule has 0 aliphatic rings. The van der Waals surface area contributed by atoms with Crippen LogP contribution in [0.2, 0.25) is 0 Å². The molecule has 0 fully saturated rings. The van der Waals surface area contributed by atoms with Crippen molar-refractivity contribution in [2.45, 2.75) is 54.9 Å². The maximum absolute atomic E-state index is 5.30. The Labute approximate surface area is 103 Å². The summed E-state index contributed by atoms with van der Waals surface area (Å²) in [7, 11) is 0. The lowest BCUT2D eigenvalue weighted by Gasteiger charge is -2.04. The predicted molar refractivity (Wildman–Crippen MR) is 75.2 cm³/mol. The van der Waals surface area contributed by atoms with Crippen molar-refractivity contribution in [2.75, 3.05) is 6.54 Å². The second-order valence-electron chi connectivity index (χ2n) is 3.57. The zero-order chi connectivity index (χ0) is 13.6. The van der Waals surface area contributed by atoms with Crippen molar-refractivity contribution >= 4 is 0 Å². The van der Waals surface area contributed by atoms with E-state index in [4.69, 9.17) is 10.5 Å². The normalized spacial score (nSPS) is 9.69. The molecule has 0 aliphatic heterocycles. The summed E-state index contributed by atoms with van der Waals surface area (Å²) in [6, 6.07) is 0. The average molecular weight is 229 g/mol. The smallest absolute Gasteiger partial charge is 0.113 e. The Kier molecular flexibility index (Phi) is 21.5. The molecule has 98 valence electrons. The summed E-state index contributed by atoms with van der Waals surface area (Å²) >= 11 is 0. The molecule has 0 bridgehead atoms. The summed E-state index contributed by atoms with van der Waals surface area (Å²) < 4.78 is 5.09. The molecular weight excluding hydrogens is 198 g/mol. The van der Waals surface area contributed by atoms with Crippen LogP contribution in [-0.2, 0) is 4.74 Å². The molecule has 0 aromatic heterocycles. The zero-order valence-electron chi connectivity index (χ0n) is 12.3. The molecular formula is C14H31NO. The number of ether oxygens (including phenoxy) is 1. The number of hydrogen-bond donors (Lipinski definition) is 1. The summed E-state index contributed by atoms with van der Waals surface area (Å²) in [5, 5.41) is 0. The van der Waals surface area contributed by atoms with Crippen molar-refractivity contribution in [3.8, 4) is 0 Å². The van der Waals surface area contributed by atoms with Gasteiger partial charge in [0.05, 0.1) is 12.3 Å². The minimum Gasteiger partial charge on any atom is -0.466 e. The van der Waals surface area contributed by atoms with Crippen LogP contribution >= 0.6 is 0 Å². The van der Waals surface area contributed by atoms with E-state index in [1.54, 1.807) is 6.92 Å². The van der Waals surface area contributed by atoms with Crippen LogP contribution in [0.4, 0.5) is 0 Å². The van der Waals surface area contributed by atoms with Gasteiger partial charge in [0.1, 0.15) is 5.76 Å². The van der Waals surface area contributed by atoms with Gasteiger partial charge in [0.15, 0.2) is 0 Å². The van der Waals surface area contributed by atoms with Crippen molar-refractivity contribution in [3.63, 3.8) is 0 Å². The van der Waals surface area contributed by atoms with Crippen molar-refractivity contribution < 1.29 is 4.74 Å². The Hall–Kier alpha value is -0.760. The standard InChI is InChI=1S/C7H13NO.C5H12.C2H6/c1-4-7(5-8)9-6(2)3;1-4-5(2)3;1-2/h4H,2,5,8H2,1,3H3;5H,4H2,1-3H3;1-2H3/b7-4-;;. The van der Waals surface area contributed by atoms with E-state index in [0.29, 0.717) is 12.3 Å². The largest absolute Gasteiger partial charge is 0.466 e. The Balaban J connectivity index is -0.000000205. The fourth-order valence-corrected chi connectivity index (χ4v) is 0.442. The zero-order valence-corrected chi connectivity index (χ0v) is 12.3. The van der Waals surface area contributed by atoms with Gasteiger partial charge in [-0.2, -0.15) is 0 Å². The Morgan fingerprint density at radius 3 is 1.81 bits per heavy atom. The Morgan fingerprint density at radius 2 is 1.75 bits per heavy atom. The second kappa shape index (κ2) is 16.7. The molecule has 0 saturated carbocycles. The minimum absolute atomic E-state index is 0.434. The highest BCUT2D eigenvalue weighted by atomic mass is 16.5. The van der Waals surface area contributed by atoms with Crippen molar-refractivity contribution in [3.05, 3.63) is 24.2 Å². The van der Waals surface area contributed by atoms with E-state index in [-0.39, 0.29) is 0 Å². The maximum atomic E-state index is 5.30. The average Bonchev–Trinajstić information content (AvgIpc) is 2.29. The van der Waals surface area contributed by atoms with Gasteiger partial charge < -0.3 is 10.5 Å². The first-order chi connectivity index (χ1) is 7.47. The summed E-state index contributed by atoms with van der Waals surface area (Å²) in [6.45, 7) is 18.3. The van der Waals surface area contributed by atoms with Crippen LogP contribution in [0.1, 0.15) is 54.9 Å². The maximum Gasteiger partial charge on any atom is 0.113 e. The lowest BCUT2D eigenvalue weighted by molar-refractivity contribution is 0.303. The molecule has 0 radical (unpaired) electrons. The first-order valence-corrected chi connectivity index (χ1v) is 6.16. The number of nitrogens with two attached hydrogens (primary N) is 1. The van der Waals surface area contributed by atoms with Crippen LogP contribution in [-0.4, -0.2) is 6.54 Å². The molecule has 0 atom stereocenters. The molecule has 0 amide bonds. The molecule has 2 N–H and O–H groups in total. The van der Waals surface area contributed by atoms with Gasteiger partial charge in [-0.1, -0.05) is 47.6 Å². The van der Waals surface area contributed by atoms with E-state index in [1.807, 2.05) is 26.8 Å². The number of hydrogen-bond acceptors (Lipinski definition) is 2. The van der Waals surface area contributed by atoms with Crippen LogP contribution in [0.15, 0.2) is 24.2 Å². The van der Waals surface area contributed by atoms with E-state index >= 15 is 0 Å². The molecule has 2 nitrogen and oxygen atoms in total. The van der Waals surface area contributed by atoms with Gasteiger partial charge in [-0.3, -0.25) is 0 Å². The van der Waals surface area contributed by atoms with Gasteiger partial charge >= 0.3 is 0 Å². The second-order valence-corrected chi connectivity index (χ2v) is 3.57.